The maximum atomic E-state index is 11.7. The summed E-state index contributed by atoms with van der Waals surface area (Å²) in [6.45, 7) is 4.85. The van der Waals surface area contributed by atoms with Crippen LogP contribution in [0.25, 0.3) is 0 Å². The van der Waals surface area contributed by atoms with Gasteiger partial charge in [-0.3, -0.25) is 4.79 Å². The first-order chi connectivity index (χ1) is 7.50. The number of carbonyl (C=O) groups is 2. The van der Waals surface area contributed by atoms with E-state index in [-0.39, 0.29) is 17.7 Å². The first kappa shape index (κ1) is 13.0. The van der Waals surface area contributed by atoms with Crippen LogP contribution in [0.1, 0.15) is 26.7 Å². The third kappa shape index (κ3) is 3.81. The van der Waals surface area contributed by atoms with Crippen LogP contribution in [0.4, 0.5) is 0 Å². The van der Waals surface area contributed by atoms with Crippen molar-refractivity contribution in [2.75, 3.05) is 13.2 Å². The standard InChI is InChI=1S/C11H19NO4/c1-7(2)5-9(11(14)15)12-10(13)8-3-4-16-6-8/h7-9H,3-6H2,1-2H3,(H,12,13)(H,14,15)/t8-,9+/m0/s1. The molecule has 0 aromatic rings. The first-order valence-corrected chi connectivity index (χ1v) is 5.61. The predicted octanol–water partition coefficient (Wildman–Crippen LogP) is 0.638. The van der Waals surface area contributed by atoms with Gasteiger partial charge in [0.05, 0.1) is 12.5 Å². The van der Waals surface area contributed by atoms with Crippen LogP contribution in [0.3, 0.4) is 0 Å². The average molecular weight is 229 g/mol. The second-order valence-corrected chi connectivity index (χ2v) is 4.59. The van der Waals surface area contributed by atoms with E-state index >= 15 is 0 Å². The fourth-order valence-corrected chi connectivity index (χ4v) is 1.72. The van der Waals surface area contributed by atoms with Crippen molar-refractivity contribution in [2.24, 2.45) is 11.8 Å². The molecule has 92 valence electrons. The lowest BCUT2D eigenvalue weighted by Gasteiger charge is -2.18. The minimum atomic E-state index is -0.971. The number of aliphatic carboxylic acids is 1. The molecule has 0 aliphatic carbocycles. The maximum Gasteiger partial charge on any atom is 0.326 e. The molecule has 16 heavy (non-hydrogen) atoms. The van der Waals surface area contributed by atoms with E-state index in [1.165, 1.54) is 0 Å². The van der Waals surface area contributed by atoms with E-state index in [0.717, 1.165) is 0 Å². The molecule has 5 nitrogen and oxygen atoms in total. The molecule has 1 saturated heterocycles. The van der Waals surface area contributed by atoms with Crippen LogP contribution in [0.5, 0.6) is 0 Å². The van der Waals surface area contributed by atoms with Gasteiger partial charge in [-0.2, -0.15) is 0 Å². The summed E-state index contributed by atoms with van der Waals surface area (Å²) < 4.78 is 5.09. The highest BCUT2D eigenvalue weighted by molar-refractivity contribution is 5.85. The van der Waals surface area contributed by atoms with Gasteiger partial charge in [-0.1, -0.05) is 13.8 Å². The van der Waals surface area contributed by atoms with Gasteiger partial charge in [0.1, 0.15) is 6.04 Å². The predicted molar refractivity (Wildman–Crippen MR) is 57.9 cm³/mol. The Bertz CT molecular complexity index is 259. The fourth-order valence-electron chi connectivity index (χ4n) is 1.72. The summed E-state index contributed by atoms with van der Waals surface area (Å²) in [6.07, 6.45) is 1.13. The second-order valence-electron chi connectivity index (χ2n) is 4.59. The van der Waals surface area contributed by atoms with Gasteiger partial charge in [-0.05, 0) is 18.8 Å². The number of hydrogen-bond acceptors (Lipinski definition) is 3. The lowest BCUT2D eigenvalue weighted by atomic mass is 10.0. The van der Waals surface area contributed by atoms with Gasteiger partial charge >= 0.3 is 5.97 Å². The fraction of sp³-hybridized carbons (Fsp3) is 0.818. The van der Waals surface area contributed by atoms with Crippen LogP contribution in [0, 0.1) is 11.8 Å². The minimum absolute atomic E-state index is 0.186. The lowest BCUT2D eigenvalue weighted by Crippen LogP contribution is -2.44. The smallest absolute Gasteiger partial charge is 0.326 e. The van der Waals surface area contributed by atoms with Crippen LogP contribution in [0.2, 0.25) is 0 Å². The van der Waals surface area contributed by atoms with Gasteiger partial charge in [0.15, 0.2) is 0 Å². The number of carboxylic acid groups (broad SMARTS) is 1. The summed E-state index contributed by atoms with van der Waals surface area (Å²) in [6, 6.07) is -0.784. The highest BCUT2D eigenvalue weighted by atomic mass is 16.5. The van der Waals surface area contributed by atoms with Crippen molar-refractivity contribution in [1.29, 1.82) is 0 Å². The Morgan fingerprint density at radius 1 is 1.50 bits per heavy atom. The zero-order valence-corrected chi connectivity index (χ0v) is 9.73. The Morgan fingerprint density at radius 2 is 2.19 bits per heavy atom. The van der Waals surface area contributed by atoms with Crippen molar-refractivity contribution >= 4 is 11.9 Å². The molecule has 0 radical (unpaired) electrons. The molecule has 1 rings (SSSR count). The van der Waals surface area contributed by atoms with Gasteiger partial charge in [0, 0.05) is 6.61 Å². The number of ether oxygens (including phenoxy) is 1. The van der Waals surface area contributed by atoms with Crippen molar-refractivity contribution in [3.05, 3.63) is 0 Å². The molecule has 0 aromatic heterocycles. The summed E-state index contributed by atoms with van der Waals surface area (Å²) in [7, 11) is 0. The van der Waals surface area contributed by atoms with E-state index in [0.29, 0.717) is 26.1 Å². The highest BCUT2D eigenvalue weighted by Gasteiger charge is 2.28. The van der Waals surface area contributed by atoms with Crippen LogP contribution in [0.15, 0.2) is 0 Å². The molecule has 1 aliphatic heterocycles. The SMILES string of the molecule is CC(C)C[C@@H](NC(=O)[C@H]1CCOC1)C(=O)O. The molecule has 1 aliphatic rings. The largest absolute Gasteiger partial charge is 0.480 e. The molecule has 2 atom stereocenters. The molecular weight excluding hydrogens is 210 g/mol. The Morgan fingerprint density at radius 3 is 2.62 bits per heavy atom. The van der Waals surface area contributed by atoms with Gasteiger partial charge in [0.25, 0.3) is 0 Å². The van der Waals surface area contributed by atoms with E-state index in [1.807, 2.05) is 13.8 Å². The zero-order chi connectivity index (χ0) is 12.1. The Labute approximate surface area is 95.2 Å². The van der Waals surface area contributed by atoms with Gasteiger partial charge in [-0.25, -0.2) is 4.79 Å². The summed E-state index contributed by atoms with van der Waals surface area (Å²) in [4.78, 5) is 22.6. The number of carbonyl (C=O) groups excluding carboxylic acids is 1. The zero-order valence-electron chi connectivity index (χ0n) is 9.73. The number of amides is 1. The summed E-state index contributed by atoms with van der Waals surface area (Å²) in [5, 5.41) is 11.5. The number of carboxylic acids is 1. The monoisotopic (exact) mass is 229 g/mol. The van der Waals surface area contributed by atoms with E-state index in [2.05, 4.69) is 5.32 Å². The van der Waals surface area contributed by atoms with Crippen molar-refractivity contribution < 1.29 is 19.4 Å². The molecular formula is C11H19NO4. The van der Waals surface area contributed by atoms with Gasteiger partial charge in [0.2, 0.25) is 5.91 Å². The first-order valence-electron chi connectivity index (χ1n) is 5.61. The van der Waals surface area contributed by atoms with Crippen molar-refractivity contribution in [3.63, 3.8) is 0 Å². The van der Waals surface area contributed by atoms with Crippen molar-refractivity contribution in [3.8, 4) is 0 Å². The lowest BCUT2D eigenvalue weighted by molar-refractivity contribution is -0.143. The summed E-state index contributed by atoms with van der Waals surface area (Å²) in [5.74, 6) is -1.12. The number of hydrogen-bond donors (Lipinski definition) is 2. The van der Waals surface area contributed by atoms with Crippen LogP contribution < -0.4 is 5.32 Å². The molecule has 0 unspecified atom stereocenters. The number of rotatable bonds is 5. The van der Waals surface area contributed by atoms with Gasteiger partial charge < -0.3 is 15.2 Å². The second kappa shape index (κ2) is 5.84. The Hall–Kier alpha value is -1.10. The van der Waals surface area contributed by atoms with Crippen molar-refractivity contribution in [1.82, 2.24) is 5.32 Å². The molecule has 2 N–H and O–H groups in total. The van der Waals surface area contributed by atoms with E-state index in [4.69, 9.17) is 9.84 Å². The average Bonchev–Trinajstić information content (AvgIpc) is 2.68. The molecule has 0 saturated carbocycles. The maximum absolute atomic E-state index is 11.7. The molecule has 1 amide bonds. The summed E-state index contributed by atoms with van der Waals surface area (Å²) >= 11 is 0. The third-order valence-electron chi connectivity index (χ3n) is 2.62. The summed E-state index contributed by atoms with van der Waals surface area (Å²) in [5.41, 5.74) is 0. The van der Waals surface area contributed by atoms with Crippen LogP contribution in [-0.4, -0.2) is 36.2 Å². The molecule has 0 spiro atoms. The normalized spacial score (nSPS) is 22.1. The van der Waals surface area contributed by atoms with Crippen molar-refractivity contribution in [2.45, 2.75) is 32.7 Å². The molecule has 5 heteroatoms. The number of nitrogens with one attached hydrogen (secondary N) is 1. The Kier molecular flexibility index (Phi) is 4.73. The van der Waals surface area contributed by atoms with E-state index < -0.39 is 12.0 Å². The molecule has 1 fully saturated rings. The topological polar surface area (TPSA) is 75.6 Å². The molecule has 0 bridgehead atoms. The van der Waals surface area contributed by atoms with E-state index in [9.17, 15) is 9.59 Å². The molecule has 1 heterocycles. The molecule has 0 aromatic carbocycles. The highest BCUT2D eigenvalue weighted by Crippen LogP contribution is 2.13. The Balaban J connectivity index is 2.47. The quantitative estimate of drug-likeness (QED) is 0.725. The van der Waals surface area contributed by atoms with E-state index in [1.54, 1.807) is 0 Å². The minimum Gasteiger partial charge on any atom is -0.480 e. The van der Waals surface area contributed by atoms with Crippen LogP contribution in [-0.2, 0) is 14.3 Å². The van der Waals surface area contributed by atoms with Gasteiger partial charge in [-0.15, -0.1) is 0 Å². The third-order valence-corrected chi connectivity index (χ3v) is 2.62. The van der Waals surface area contributed by atoms with Crippen LogP contribution >= 0.6 is 0 Å².